The van der Waals surface area contributed by atoms with E-state index in [4.69, 9.17) is 0 Å². The maximum atomic E-state index is 11.3. The topological polar surface area (TPSA) is 73.8 Å². The fraction of sp³-hybridized carbons (Fsp3) is 0.917. The van der Waals surface area contributed by atoms with Crippen molar-refractivity contribution in [3.05, 3.63) is 0 Å². The van der Waals surface area contributed by atoms with Gasteiger partial charge in [-0.1, -0.05) is 13.8 Å². The summed E-state index contributed by atoms with van der Waals surface area (Å²) in [5, 5.41) is 3.19. The molecule has 1 aliphatic rings. The van der Waals surface area contributed by atoms with Crippen LogP contribution in [0.5, 0.6) is 0 Å². The number of sulfonamides is 1. The highest BCUT2D eigenvalue weighted by molar-refractivity contribution is 14.0. The van der Waals surface area contributed by atoms with E-state index < -0.39 is 10.0 Å². The van der Waals surface area contributed by atoms with Gasteiger partial charge in [-0.15, -0.1) is 24.0 Å². The van der Waals surface area contributed by atoms with Crippen LogP contribution in [0.25, 0.3) is 0 Å². The minimum atomic E-state index is -3.11. The molecule has 0 bridgehead atoms. The van der Waals surface area contributed by atoms with Gasteiger partial charge in [-0.05, 0) is 18.8 Å². The van der Waals surface area contributed by atoms with Crippen molar-refractivity contribution in [1.82, 2.24) is 14.9 Å². The highest BCUT2D eigenvalue weighted by atomic mass is 127. The lowest BCUT2D eigenvalue weighted by molar-refractivity contribution is 0.370. The molecule has 20 heavy (non-hydrogen) atoms. The number of aliphatic imine (C=N–C) groups is 1. The number of guanidine groups is 1. The summed E-state index contributed by atoms with van der Waals surface area (Å²) in [5.41, 5.74) is 0.321. The van der Waals surface area contributed by atoms with Crippen molar-refractivity contribution in [3.8, 4) is 0 Å². The van der Waals surface area contributed by atoms with E-state index in [9.17, 15) is 8.42 Å². The van der Waals surface area contributed by atoms with Crippen molar-refractivity contribution in [3.63, 3.8) is 0 Å². The Morgan fingerprint density at radius 3 is 2.45 bits per heavy atom. The summed E-state index contributed by atoms with van der Waals surface area (Å²) in [4.78, 5) is 6.46. The first-order chi connectivity index (χ1) is 8.79. The molecule has 0 aromatic heterocycles. The molecule has 1 saturated heterocycles. The second-order valence-corrected chi connectivity index (χ2v) is 7.70. The van der Waals surface area contributed by atoms with E-state index in [1.807, 2.05) is 0 Å². The van der Waals surface area contributed by atoms with Crippen molar-refractivity contribution in [2.75, 3.05) is 39.0 Å². The molecule has 1 aliphatic heterocycles. The molecule has 0 aromatic rings. The maximum absolute atomic E-state index is 11.3. The van der Waals surface area contributed by atoms with E-state index in [1.165, 1.54) is 0 Å². The minimum absolute atomic E-state index is 0. The van der Waals surface area contributed by atoms with Crippen LogP contribution in [-0.2, 0) is 10.0 Å². The lowest BCUT2D eigenvalue weighted by atomic mass is 9.93. The van der Waals surface area contributed by atoms with Gasteiger partial charge in [0.1, 0.15) is 0 Å². The van der Waals surface area contributed by atoms with Crippen LogP contribution < -0.4 is 10.0 Å². The van der Waals surface area contributed by atoms with Crippen LogP contribution in [0.2, 0.25) is 0 Å². The first-order valence-electron chi connectivity index (χ1n) is 6.72. The van der Waals surface area contributed by atoms with E-state index >= 15 is 0 Å². The third-order valence-corrected chi connectivity index (χ3v) is 4.70. The first-order valence-corrected chi connectivity index (χ1v) is 8.38. The van der Waals surface area contributed by atoms with E-state index in [-0.39, 0.29) is 29.7 Å². The fourth-order valence-corrected chi connectivity index (χ4v) is 2.73. The number of hydrogen-bond donors (Lipinski definition) is 2. The summed E-state index contributed by atoms with van der Waals surface area (Å²) in [5.74, 6) is 0.962. The molecule has 2 N–H and O–H groups in total. The molecule has 0 atom stereocenters. The van der Waals surface area contributed by atoms with E-state index in [2.05, 4.69) is 33.8 Å². The zero-order chi connectivity index (χ0) is 14.5. The lowest BCUT2D eigenvalue weighted by Gasteiger charge is -2.23. The molecule has 0 amide bonds. The smallest absolute Gasteiger partial charge is 0.211 e. The zero-order valence-corrected chi connectivity index (χ0v) is 15.9. The molecule has 1 fully saturated rings. The summed E-state index contributed by atoms with van der Waals surface area (Å²) in [7, 11) is -1.35. The van der Waals surface area contributed by atoms with Crippen molar-refractivity contribution < 1.29 is 8.42 Å². The van der Waals surface area contributed by atoms with Gasteiger partial charge in [0.25, 0.3) is 0 Å². The molecule has 6 nitrogen and oxygen atoms in total. The Labute approximate surface area is 139 Å². The number of nitrogens with one attached hydrogen (secondary N) is 2. The standard InChI is InChI=1S/C12H26N4O2S.HI/c1-5-19(17,18)15-8-7-14-11(13-4)16-9-6-12(2,3)10-16;/h15H,5-10H2,1-4H3,(H,13,14);1H. The van der Waals surface area contributed by atoms with Gasteiger partial charge in [0.2, 0.25) is 10.0 Å². The normalized spacial score (nSPS) is 18.8. The quantitative estimate of drug-likeness (QED) is 0.301. The summed E-state index contributed by atoms with van der Waals surface area (Å²) in [6.07, 6.45) is 1.15. The Morgan fingerprint density at radius 2 is 2.00 bits per heavy atom. The summed E-state index contributed by atoms with van der Waals surface area (Å²) in [6.45, 7) is 9.02. The summed E-state index contributed by atoms with van der Waals surface area (Å²) in [6, 6.07) is 0. The monoisotopic (exact) mass is 418 g/mol. The van der Waals surface area contributed by atoms with E-state index in [0.29, 0.717) is 18.5 Å². The highest BCUT2D eigenvalue weighted by Crippen LogP contribution is 2.28. The highest BCUT2D eigenvalue weighted by Gasteiger charge is 2.30. The van der Waals surface area contributed by atoms with Gasteiger partial charge in [-0.3, -0.25) is 4.99 Å². The molecule has 0 aromatic carbocycles. The average molecular weight is 418 g/mol. The Balaban J connectivity index is 0.00000361. The van der Waals surface area contributed by atoms with Crippen LogP contribution in [0.15, 0.2) is 4.99 Å². The van der Waals surface area contributed by atoms with Crippen LogP contribution in [0.4, 0.5) is 0 Å². The van der Waals surface area contributed by atoms with Crippen LogP contribution in [0, 0.1) is 5.41 Å². The largest absolute Gasteiger partial charge is 0.355 e. The van der Waals surface area contributed by atoms with Gasteiger partial charge in [-0.25, -0.2) is 13.1 Å². The summed E-state index contributed by atoms with van der Waals surface area (Å²) < 4.78 is 25.1. The van der Waals surface area contributed by atoms with Crippen LogP contribution >= 0.6 is 24.0 Å². The predicted molar refractivity (Wildman–Crippen MR) is 94.2 cm³/mol. The molecule has 0 radical (unpaired) electrons. The van der Waals surface area contributed by atoms with Crippen molar-refractivity contribution in [2.24, 2.45) is 10.4 Å². The molecule has 0 aliphatic carbocycles. The minimum Gasteiger partial charge on any atom is -0.355 e. The Morgan fingerprint density at radius 1 is 1.35 bits per heavy atom. The van der Waals surface area contributed by atoms with E-state index in [1.54, 1.807) is 14.0 Å². The SMILES string of the molecule is CCS(=O)(=O)NCCNC(=NC)N1CCC(C)(C)C1.I. The first kappa shape index (κ1) is 19.9. The molecular formula is C12H27IN4O2S. The van der Waals surface area contributed by atoms with Crippen molar-refractivity contribution in [1.29, 1.82) is 0 Å². The fourth-order valence-electron chi connectivity index (χ4n) is 2.11. The molecule has 0 spiro atoms. The number of nitrogens with zero attached hydrogens (tertiary/aromatic N) is 2. The lowest BCUT2D eigenvalue weighted by Crippen LogP contribution is -2.43. The maximum Gasteiger partial charge on any atom is 0.211 e. The third-order valence-electron chi connectivity index (χ3n) is 3.30. The molecule has 0 unspecified atom stereocenters. The van der Waals surface area contributed by atoms with Gasteiger partial charge in [0, 0.05) is 33.2 Å². The van der Waals surface area contributed by atoms with Gasteiger partial charge < -0.3 is 10.2 Å². The van der Waals surface area contributed by atoms with Crippen LogP contribution in [-0.4, -0.2) is 58.3 Å². The zero-order valence-electron chi connectivity index (χ0n) is 12.8. The molecule has 120 valence electrons. The summed E-state index contributed by atoms with van der Waals surface area (Å²) >= 11 is 0. The molecule has 0 saturated carbocycles. The number of halogens is 1. The van der Waals surface area contributed by atoms with Crippen LogP contribution in [0.3, 0.4) is 0 Å². The second-order valence-electron chi connectivity index (χ2n) is 5.61. The predicted octanol–water partition coefficient (Wildman–Crippen LogP) is 0.851. The Hall–Kier alpha value is -0.0900. The Kier molecular flexibility index (Phi) is 8.34. The second kappa shape index (κ2) is 8.38. The molecular weight excluding hydrogens is 391 g/mol. The molecule has 1 rings (SSSR count). The molecule has 1 heterocycles. The van der Waals surface area contributed by atoms with Gasteiger partial charge in [0.05, 0.1) is 5.75 Å². The van der Waals surface area contributed by atoms with Gasteiger partial charge in [0.15, 0.2) is 5.96 Å². The Bertz CT molecular complexity index is 423. The molecule has 8 heteroatoms. The average Bonchev–Trinajstić information content (AvgIpc) is 2.69. The van der Waals surface area contributed by atoms with E-state index in [0.717, 1.165) is 25.5 Å². The number of rotatable bonds is 5. The van der Waals surface area contributed by atoms with Gasteiger partial charge >= 0.3 is 0 Å². The number of hydrogen-bond acceptors (Lipinski definition) is 3. The van der Waals surface area contributed by atoms with Crippen molar-refractivity contribution >= 4 is 40.0 Å². The van der Waals surface area contributed by atoms with Gasteiger partial charge in [-0.2, -0.15) is 0 Å². The van der Waals surface area contributed by atoms with Crippen LogP contribution in [0.1, 0.15) is 27.2 Å². The number of likely N-dealkylation sites (tertiary alicyclic amines) is 1. The third kappa shape index (κ3) is 6.57. The van der Waals surface area contributed by atoms with Crippen molar-refractivity contribution in [2.45, 2.75) is 27.2 Å².